The first-order chi connectivity index (χ1) is 13.5. The predicted molar refractivity (Wildman–Crippen MR) is 111 cm³/mol. The lowest BCUT2D eigenvalue weighted by Gasteiger charge is -2.40. The summed E-state index contributed by atoms with van der Waals surface area (Å²) in [7, 11) is 0. The van der Waals surface area contributed by atoms with Crippen LogP contribution >= 0.6 is 0 Å². The van der Waals surface area contributed by atoms with Gasteiger partial charge in [-0.1, -0.05) is 37.3 Å². The number of piperidine rings is 1. The number of benzene rings is 1. The molecule has 28 heavy (non-hydrogen) atoms. The molecule has 0 radical (unpaired) electrons. The van der Waals surface area contributed by atoms with Crippen LogP contribution in [0.15, 0.2) is 30.3 Å². The van der Waals surface area contributed by atoms with E-state index in [0.29, 0.717) is 13.1 Å². The fourth-order valence-electron chi connectivity index (χ4n) is 4.01. The molecule has 2 heterocycles. The second kappa shape index (κ2) is 10.0. The van der Waals surface area contributed by atoms with E-state index in [1.165, 1.54) is 0 Å². The first kappa shape index (κ1) is 20.8. The normalized spacial score (nSPS) is 20.7. The quantitative estimate of drug-likeness (QED) is 0.806. The van der Waals surface area contributed by atoms with Crippen molar-refractivity contribution < 1.29 is 9.59 Å². The summed E-state index contributed by atoms with van der Waals surface area (Å²) in [5.41, 5.74) is 1.11. The van der Waals surface area contributed by atoms with Crippen molar-refractivity contribution in [3.8, 4) is 0 Å². The number of carbonyl (C=O) groups excluding carboxylic acids is 2. The van der Waals surface area contributed by atoms with Crippen molar-refractivity contribution in [3.05, 3.63) is 35.9 Å². The second-order valence-corrected chi connectivity index (χ2v) is 8.26. The SMILES string of the molecule is CC1CCN(C(=O)[C@H](C)N2CCN(CC(=O)NCc3ccccc3)CC2)CC1. The molecule has 0 aliphatic carbocycles. The number of hydrogen-bond donors (Lipinski definition) is 1. The van der Waals surface area contributed by atoms with Crippen LogP contribution in [0.5, 0.6) is 0 Å². The van der Waals surface area contributed by atoms with Crippen molar-refractivity contribution in [1.29, 1.82) is 0 Å². The van der Waals surface area contributed by atoms with E-state index in [2.05, 4.69) is 22.0 Å². The van der Waals surface area contributed by atoms with Crippen LogP contribution in [0.4, 0.5) is 0 Å². The molecule has 154 valence electrons. The zero-order chi connectivity index (χ0) is 19.9. The van der Waals surface area contributed by atoms with Crippen molar-refractivity contribution in [3.63, 3.8) is 0 Å². The molecule has 2 aliphatic heterocycles. The summed E-state index contributed by atoms with van der Waals surface area (Å²) in [5, 5.41) is 2.99. The topological polar surface area (TPSA) is 55.9 Å². The van der Waals surface area contributed by atoms with Crippen LogP contribution in [-0.4, -0.2) is 78.4 Å². The van der Waals surface area contributed by atoms with E-state index in [0.717, 1.165) is 63.6 Å². The molecular formula is C22H34N4O2. The van der Waals surface area contributed by atoms with Gasteiger partial charge in [0.2, 0.25) is 11.8 Å². The summed E-state index contributed by atoms with van der Waals surface area (Å²) in [4.78, 5) is 31.5. The second-order valence-electron chi connectivity index (χ2n) is 8.26. The van der Waals surface area contributed by atoms with E-state index >= 15 is 0 Å². The van der Waals surface area contributed by atoms with Crippen molar-refractivity contribution in [2.45, 2.75) is 39.3 Å². The lowest BCUT2D eigenvalue weighted by Crippen LogP contribution is -2.56. The lowest BCUT2D eigenvalue weighted by atomic mass is 9.98. The Hall–Kier alpha value is -1.92. The van der Waals surface area contributed by atoms with Gasteiger partial charge in [-0.05, 0) is 31.2 Å². The van der Waals surface area contributed by atoms with E-state index < -0.39 is 0 Å². The smallest absolute Gasteiger partial charge is 0.239 e. The highest BCUT2D eigenvalue weighted by atomic mass is 16.2. The van der Waals surface area contributed by atoms with Crippen LogP contribution in [0, 0.1) is 5.92 Å². The number of carbonyl (C=O) groups is 2. The van der Waals surface area contributed by atoms with Crippen LogP contribution in [0.25, 0.3) is 0 Å². The van der Waals surface area contributed by atoms with Gasteiger partial charge in [-0.15, -0.1) is 0 Å². The summed E-state index contributed by atoms with van der Waals surface area (Å²) in [5.74, 6) is 1.06. The minimum atomic E-state index is -0.0672. The Labute approximate surface area is 168 Å². The zero-order valence-electron chi connectivity index (χ0n) is 17.3. The molecule has 0 spiro atoms. The maximum atomic E-state index is 12.8. The van der Waals surface area contributed by atoms with E-state index in [1.807, 2.05) is 42.2 Å². The molecular weight excluding hydrogens is 352 g/mol. The molecule has 2 fully saturated rings. The Bertz CT molecular complexity index is 635. The molecule has 1 aromatic carbocycles. The fraction of sp³-hybridized carbons (Fsp3) is 0.636. The summed E-state index contributed by atoms with van der Waals surface area (Å²) >= 11 is 0. The van der Waals surface area contributed by atoms with Crippen LogP contribution < -0.4 is 5.32 Å². The van der Waals surface area contributed by atoms with Gasteiger partial charge in [0.1, 0.15) is 0 Å². The molecule has 0 unspecified atom stereocenters. The Morgan fingerprint density at radius 3 is 2.32 bits per heavy atom. The molecule has 2 saturated heterocycles. The molecule has 1 aromatic rings. The highest BCUT2D eigenvalue weighted by Gasteiger charge is 2.30. The first-order valence-electron chi connectivity index (χ1n) is 10.6. The molecule has 0 bridgehead atoms. The number of rotatable bonds is 6. The Morgan fingerprint density at radius 1 is 1.04 bits per heavy atom. The zero-order valence-corrected chi connectivity index (χ0v) is 17.3. The highest BCUT2D eigenvalue weighted by Crippen LogP contribution is 2.18. The van der Waals surface area contributed by atoms with Crippen LogP contribution in [0.1, 0.15) is 32.3 Å². The van der Waals surface area contributed by atoms with Crippen LogP contribution in [0.2, 0.25) is 0 Å². The average Bonchev–Trinajstić information content (AvgIpc) is 2.73. The number of nitrogens with zero attached hydrogens (tertiary/aromatic N) is 3. The molecule has 2 aliphatic rings. The van der Waals surface area contributed by atoms with Crippen LogP contribution in [-0.2, 0) is 16.1 Å². The summed E-state index contributed by atoms with van der Waals surface area (Å²) in [6.45, 7) is 10.4. The van der Waals surface area contributed by atoms with Crippen molar-refractivity contribution in [1.82, 2.24) is 20.0 Å². The summed E-state index contributed by atoms with van der Waals surface area (Å²) in [6, 6.07) is 9.90. The molecule has 1 N–H and O–H groups in total. The van der Waals surface area contributed by atoms with Gasteiger partial charge in [-0.25, -0.2) is 0 Å². The lowest BCUT2D eigenvalue weighted by molar-refractivity contribution is -0.138. The molecule has 2 amide bonds. The maximum Gasteiger partial charge on any atom is 0.239 e. The number of nitrogens with one attached hydrogen (secondary N) is 1. The maximum absolute atomic E-state index is 12.8. The third kappa shape index (κ3) is 5.79. The summed E-state index contributed by atoms with van der Waals surface area (Å²) in [6.07, 6.45) is 2.23. The molecule has 0 saturated carbocycles. The number of piperazine rings is 1. The summed E-state index contributed by atoms with van der Waals surface area (Å²) < 4.78 is 0. The largest absolute Gasteiger partial charge is 0.351 e. The number of hydrogen-bond acceptors (Lipinski definition) is 4. The van der Waals surface area contributed by atoms with E-state index in [4.69, 9.17) is 0 Å². The van der Waals surface area contributed by atoms with Crippen LogP contribution in [0.3, 0.4) is 0 Å². The third-order valence-corrected chi connectivity index (χ3v) is 6.11. The van der Waals surface area contributed by atoms with Gasteiger partial charge < -0.3 is 10.2 Å². The van der Waals surface area contributed by atoms with Gasteiger partial charge in [-0.2, -0.15) is 0 Å². The molecule has 1 atom stereocenters. The Kier molecular flexibility index (Phi) is 7.45. The molecule has 6 heteroatoms. The Morgan fingerprint density at radius 2 is 1.68 bits per heavy atom. The number of amides is 2. The first-order valence-corrected chi connectivity index (χ1v) is 10.6. The molecule has 6 nitrogen and oxygen atoms in total. The average molecular weight is 387 g/mol. The van der Waals surface area contributed by atoms with E-state index in [1.54, 1.807) is 0 Å². The van der Waals surface area contributed by atoms with E-state index in [-0.39, 0.29) is 17.9 Å². The molecule has 3 rings (SSSR count). The van der Waals surface area contributed by atoms with Gasteiger partial charge in [0.05, 0.1) is 12.6 Å². The molecule has 0 aromatic heterocycles. The van der Waals surface area contributed by atoms with Gasteiger partial charge in [0.25, 0.3) is 0 Å². The van der Waals surface area contributed by atoms with Gasteiger partial charge in [0, 0.05) is 45.8 Å². The minimum absolute atomic E-state index is 0.0591. The minimum Gasteiger partial charge on any atom is -0.351 e. The fourth-order valence-corrected chi connectivity index (χ4v) is 4.01. The Balaban J connectivity index is 1.37. The van der Waals surface area contributed by atoms with Gasteiger partial charge in [-0.3, -0.25) is 19.4 Å². The highest BCUT2D eigenvalue weighted by molar-refractivity contribution is 5.81. The van der Waals surface area contributed by atoms with Gasteiger partial charge >= 0.3 is 0 Å². The monoisotopic (exact) mass is 386 g/mol. The number of likely N-dealkylation sites (tertiary alicyclic amines) is 1. The van der Waals surface area contributed by atoms with Crippen molar-refractivity contribution in [2.24, 2.45) is 5.92 Å². The predicted octanol–water partition coefficient (Wildman–Crippen LogP) is 1.57. The van der Waals surface area contributed by atoms with Crippen molar-refractivity contribution >= 4 is 11.8 Å². The standard InChI is InChI=1S/C22H34N4O2/c1-18-8-10-26(11-9-18)22(28)19(2)25-14-12-24(13-15-25)17-21(27)23-16-20-6-4-3-5-7-20/h3-7,18-19H,8-17H2,1-2H3,(H,23,27)/t19-/m0/s1. The van der Waals surface area contributed by atoms with E-state index in [9.17, 15) is 9.59 Å². The van der Waals surface area contributed by atoms with Crippen molar-refractivity contribution in [2.75, 3.05) is 45.8 Å². The third-order valence-electron chi connectivity index (χ3n) is 6.11. The van der Waals surface area contributed by atoms with Gasteiger partial charge in [0.15, 0.2) is 0 Å².